The number of unbranched alkanes of at least 4 members (excludes halogenated alkanes) is 1. The third-order valence-corrected chi connectivity index (χ3v) is 3.82. The van der Waals surface area contributed by atoms with E-state index in [-0.39, 0.29) is 6.10 Å². The van der Waals surface area contributed by atoms with Crippen molar-refractivity contribution in [1.82, 2.24) is 0 Å². The normalized spacial score (nSPS) is 10.7. The van der Waals surface area contributed by atoms with Crippen molar-refractivity contribution in [2.24, 2.45) is 0 Å². The van der Waals surface area contributed by atoms with Crippen molar-refractivity contribution < 1.29 is 9.47 Å². The van der Waals surface area contributed by atoms with Gasteiger partial charge in [0.1, 0.15) is 11.5 Å². The lowest BCUT2D eigenvalue weighted by atomic mass is 10.2. The first kappa shape index (κ1) is 18.8. The molecule has 3 nitrogen and oxygen atoms in total. The summed E-state index contributed by atoms with van der Waals surface area (Å²) in [5, 5.41) is 4.56. The summed E-state index contributed by atoms with van der Waals surface area (Å²) in [5.41, 5.74) is 1.02. The lowest BCUT2D eigenvalue weighted by Gasteiger charge is -2.15. The SMILES string of the molecule is CC(C)Oc1ccccc1NCCCCOc1ccc(Cl)cc1Cl. The molecule has 2 aromatic carbocycles. The molecule has 1 N–H and O–H groups in total. The van der Waals surface area contributed by atoms with E-state index in [0.717, 1.165) is 30.8 Å². The van der Waals surface area contributed by atoms with Crippen LogP contribution in [0.4, 0.5) is 5.69 Å². The third-order valence-electron chi connectivity index (χ3n) is 3.29. The molecule has 0 saturated heterocycles. The lowest BCUT2D eigenvalue weighted by Crippen LogP contribution is -2.10. The van der Waals surface area contributed by atoms with Gasteiger partial charge in [-0.05, 0) is 57.0 Å². The van der Waals surface area contributed by atoms with Crippen LogP contribution in [-0.2, 0) is 0 Å². The molecule has 2 rings (SSSR count). The average Bonchev–Trinajstić information content (AvgIpc) is 2.53. The highest BCUT2D eigenvalue weighted by molar-refractivity contribution is 6.35. The Morgan fingerprint density at radius 1 is 1.00 bits per heavy atom. The minimum Gasteiger partial charge on any atom is -0.492 e. The fourth-order valence-corrected chi connectivity index (χ4v) is 2.66. The van der Waals surface area contributed by atoms with E-state index in [9.17, 15) is 0 Å². The molecular formula is C19H23Cl2NO2. The van der Waals surface area contributed by atoms with Crippen LogP contribution in [0.25, 0.3) is 0 Å². The molecule has 2 aromatic rings. The number of anilines is 1. The van der Waals surface area contributed by atoms with Crippen LogP contribution in [0, 0.1) is 0 Å². The maximum atomic E-state index is 6.07. The number of ether oxygens (including phenoxy) is 2. The zero-order valence-electron chi connectivity index (χ0n) is 14.0. The van der Waals surface area contributed by atoms with Crippen molar-refractivity contribution in [1.29, 1.82) is 0 Å². The van der Waals surface area contributed by atoms with E-state index in [1.165, 1.54) is 0 Å². The Morgan fingerprint density at radius 2 is 1.79 bits per heavy atom. The van der Waals surface area contributed by atoms with Crippen molar-refractivity contribution in [3.05, 3.63) is 52.5 Å². The van der Waals surface area contributed by atoms with Gasteiger partial charge in [-0.3, -0.25) is 0 Å². The molecule has 130 valence electrons. The van der Waals surface area contributed by atoms with E-state index < -0.39 is 0 Å². The minimum absolute atomic E-state index is 0.158. The number of para-hydroxylation sites is 2. The number of hydrogen-bond donors (Lipinski definition) is 1. The summed E-state index contributed by atoms with van der Waals surface area (Å²) in [5.74, 6) is 1.56. The van der Waals surface area contributed by atoms with Gasteiger partial charge in [-0.15, -0.1) is 0 Å². The second-order valence-electron chi connectivity index (χ2n) is 5.72. The average molecular weight is 368 g/mol. The zero-order chi connectivity index (χ0) is 17.4. The van der Waals surface area contributed by atoms with Gasteiger partial charge in [0.15, 0.2) is 0 Å². The highest BCUT2D eigenvalue weighted by Crippen LogP contribution is 2.28. The van der Waals surface area contributed by atoms with Gasteiger partial charge < -0.3 is 14.8 Å². The van der Waals surface area contributed by atoms with Crippen molar-refractivity contribution in [2.75, 3.05) is 18.5 Å². The quantitative estimate of drug-likeness (QED) is 0.547. The number of benzene rings is 2. The monoisotopic (exact) mass is 367 g/mol. The fourth-order valence-electron chi connectivity index (χ4n) is 2.19. The highest BCUT2D eigenvalue weighted by Gasteiger charge is 2.05. The van der Waals surface area contributed by atoms with E-state index in [1.807, 2.05) is 38.1 Å². The fraction of sp³-hybridized carbons (Fsp3) is 0.368. The summed E-state index contributed by atoms with van der Waals surface area (Å²) < 4.78 is 11.5. The summed E-state index contributed by atoms with van der Waals surface area (Å²) in [4.78, 5) is 0. The molecular weight excluding hydrogens is 345 g/mol. The van der Waals surface area contributed by atoms with Gasteiger partial charge in [0.25, 0.3) is 0 Å². The van der Waals surface area contributed by atoms with Gasteiger partial charge in [0.05, 0.1) is 23.4 Å². The van der Waals surface area contributed by atoms with Gasteiger partial charge >= 0.3 is 0 Å². The lowest BCUT2D eigenvalue weighted by molar-refractivity contribution is 0.243. The Kier molecular flexibility index (Phi) is 7.54. The second kappa shape index (κ2) is 9.65. The maximum Gasteiger partial charge on any atom is 0.142 e. The van der Waals surface area contributed by atoms with E-state index in [2.05, 4.69) is 5.32 Å². The van der Waals surface area contributed by atoms with Crippen LogP contribution < -0.4 is 14.8 Å². The molecule has 0 aromatic heterocycles. The number of rotatable bonds is 9. The van der Waals surface area contributed by atoms with E-state index in [1.54, 1.807) is 18.2 Å². The van der Waals surface area contributed by atoms with Crippen LogP contribution in [0.5, 0.6) is 11.5 Å². The molecule has 24 heavy (non-hydrogen) atoms. The molecule has 0 fully saturated rings. The summed E-state index contributed by atoms with van der Waals surface area (Å²) >= 11 is 11.9. The number of halogens is 2. The Labute approximate surface area is 153 Å². The first-order valence-corrected chi connectivity index (χ1v) is 8.89. The Balaban J connectivity index is 1.70. The van der Waals surface area contributed by atoms with E-state index in [0.29, 0.717) is 22.4 Å². The van der Waals surface area contributed by atoms with Crippen LogP contribution in [0.15, 0.2) is 42.5 Å². The molecule has 0 aliphatic rings. The molecule has 0 spiro atoms. The standard InChI is InChI=1S/C19H23Cl2NO2/c1-14(2)24-19-8-4-3-7-17(19)22-11-5-6-12-23-18-10-9-15(20)13-16(18)21/h3-4,7-10,13-14,22H,5-6,11-12H2,1-2H3. The van der Waals surface area contributed by atoms with Crippen LogP contribution in [-0.4, -0.2) is 19.3 Å². The number of hydrogen-bond acceptors (Lipinski definition) is 3. The molecule has 5 heteroatoms. The van der Waals surface area contributed by atoms with Crippen molar-refractivity contribution in [3.63, 3.8) is 0 Å². The van der Waals surface area contributed by atoms with E-state index >= 15 is 0 Å². The van der Waals surface area contributed by atoms with Crippen molar-refractivity contribution in [2.45, 2.75) is 32.8 Å². The molecule has 0 unspecified atom stereocenters. The smallest absolute Gasteiger partial charge is 0.142 e. The summed E-state index contributed by atoms with van der Waals surface area (Å²) in [7, 11) is 0. The van der Waals surface area contributed by atoms with E-state index in [4.69, 9.17) is 32.7 Å². The van der Waals surface area contributed by atoms with Crippen LogP contribution in [0.2, 0.25) is 10.0 Å². The zero-order valence-corrected chi connectivity index (χ0v) is 15.5. The first-order valence-electron chi connectivity index (χ1n) is 8.13. The summed E-state index contributed by atoms with van der Waals surface area (Å²) in [6.07, 6.45) is 2.07. The van der Waals surface area contributed by atoms with Crippen molar-refractivity contribution >= 4 is 28.9 Å². The molecule has 0 atom stereocenters. The predicted octanol–water partition coefficient (Wildman–Crippen LogP) is 6.05. The molecule has 0 aliphatic carbocycles. The minimum atomic E-state index is 0.158. The van der Waals surface area contributed by atoms with Gasteiger partial charge in [-0.2, -0.15) is 0 Å². The molecule has 0 saturated carbocycles. The van der Waals surface area contributed by atoms with Crippen LogP contribution in [0.1, 0.15) is 26.7 Å². The molecule has 0 aliphatic heterocycles. The second-order valence-corrected chi connectivity index (χ2v) is 6.56. The Bertz CT molecular complexity index is 647. The molecule has 0 radical (unpaired) electrons. The van der Waals surface area contributed by atoms with Crippen molar-refractivity contribution in [3.8, 4) is 11.5 Å². The maximum absolute atomic E-state index is 6.07. The largest absolute Gasteiger partial charge is 0.492 e. The summed E-state index contributed by atoms with van der Waals surface area (Å²) in [6.45, 7) is 5.52. The van der Waals surface area contributed by atoms with Crippen LogP contribution in [0.3, 0.4) is 0 Å². The van der Waals surface area contributed by atoms with Gasteiger partial charge in [0.2, 0.25) is 0 Å². The Morgan fingerprint density at radius 3 is 2.54 bits per heavy atom. The first-order chi connectivity index (χ1) is 11.6. The van der Waals surface area contributed by atoms with Crippen LogP contribution >= 0.6 is 23.2 Å². The third kappa shape index (κ3) is 6.14. The molecule has 0 amide bonds. The molecule has 0 bridgehead atoms. The van der Waals surface area contributed by atoms with Gasteiger partial charge in [-0.25, -0.2) is 0 Å². The Hall–Kier alpha value is -1.58. The number of nitrogens with one attached hydrogen (secondary N) is 1. The topological polar surface area (TPSA) is 30.5 Å². The molecule has 0 heterocycles. The van der Waals surface area contributed by atoms with Gasteiger partial charge in [-0.1, -0.05) is 35.3 Å². The highest BCUT2D eigenvalue weighted by atomic mass is 35.5. The van der Waals surface area contributed by atoms with Gasteiger partial charge in [0, 0.05) is 11.6 Å². The summed E-state index contributed by atoms with van der Waals surface area (Å²) in [6, 6.07) is 13.2. The predicted molar refractivity (Wildman–Crippen MR) is 102 cm³/mol.